The molecule has 0 spiro atoms. The molecule has 1 amide bonds. The van der Waals surface area contributed by atoms with Crippen LogP contribution in [0.2, 0.25) is 0 Å². The smallest absolute Gasteiger partial charge is 0.416 e. The van der Waals surface area contributed by atoms with E-state index in [9.17, 15) is 22.4 Å². The highest BCUT2D eigenvalue weighted by Gasteiger charge is 2.31. The summed E-state index contributed by atoms with van der Waals surface area (Å²) in [5.41, 5.74) is 3.24. The number of benzene rings is 3. The second-order valence-corrected chi connectivity index (χ2v) is 7.34. The van der Waals surface area contributed by atoms with Crippen LogP contribution in [0.4, 0.5) is 22.4 Å². The van der Waals surface area contributed by atoms with Crippen LogP contribution in [-0.2, 0) is 10.9 Å². The lowest BCUT2D eigenvalue weighted by Gasteiger charge is -2.14. The summed E-state index contributed by atoms with van der Waals surface area (Å²) in [5.74, 6) is -0.863. The summed E-state index contributed by atoms with van der Waals surface area (Å²) in [5, 5.41) is 2.50. The first-order valence-corrected chi connectivity index (χ1v) is 9.96. The van der Waals surface area contributed by atoms with E-state index in [-0.39, 0.29) is 24.6 Å². The van der Waals surface area contributed by atoms with Gasteiger partial charge in [-0.25, -0.2) is 9.18 Å². The van der Waals surface area contributed by atoms with E-state index < -0.39 is 23.7 Å². The molecule has 0 bridgehead atoms. The first-order valence-electron chi connectivity index (χ1n) is 9.96. The van der Waals surface area contributed by atoms with Gasteiger partial charge in [-0.2, -0.15) is 13.2 Å². The highest BCUT2D eigenvalue weighted by atomic mass is 19.4. The van der Waals surface area contributed by atoms with Crippen LogP contribution in [0.25, 0.3) is 17.2 Å². The molecule has 3 aromatic rings. The van der Waals surface area contributed by atoms with Crippen molar-refractivity contribution in [3.63, 3.8) is 0 Å². The number of hydrogen-bond donors (Lipinski definition) is 1. The van der Waals surface area contributed by atoms with Crippen LogP contribution in [0, 0.1) is 5.82 Å². The number of carbonyl (C=O) groups excluding carboxylic acids is 1. The molecule has 1 aliphatic carbocycles. The number of alkyl carbamates (subject to hydrolysis) is 1. The van der Waals surface area contributed by atoms with Gasteiger partial charge in [-0.05, 0) is 40.5 Å². The number of nitrogens with one attached hydrogen (secondary N) is 1. The largest absolute Gasteiger partial charge is 0.449 e. The Labute approximate surface area is 182 Å². The molecule has 3 nitrogen and oxygen atoms in total. The van der Waals surface area contributed by atoms with E-state index in [1.54, 1.807) is 0 Å². The Kier molecular flexibility index (Phi) is 5.99. The zero-order valence-corrected chi connectivity index (χ0v) is 16.8. The van der Waals surface area contributed by atoms with Gasteiger partial charge < -0.3 is 10.1 Å². The van der Waals surface area contributed by atoms with Crippen molar-refractivity contribution >= 4 is 12.2 Å². The number of rotatable bonds is 5. The molecule has 0 heterocycles. The zero-order chi connectivity index (χ0) is 22.7. The average Bonchev–Trinajstić information content (AvgIpc) is 3.09. The molecule has 32 heavy (non-hydrogen) atoms. The van der Waals surface area contributed by atoms with Crippen LogP contribution in [0.5, 0.6) is 0 Å². The van der Waals surface area contributed by atoms with Gasteiger partial charge in [0.25, 0.3) is 0 Å². The molecule has 0 aromatic heterocycles. The number of ether oxygens (including phenoxy) is 1. The molecule has 0 saturated carbocycles. The van der Waals surface area contributed by atoms with Crippen molar-refractivity contribution in [2.24, 2.45) is 0 Å². The number of halogens is 4. The van der Waals surface area contributed by atoms with Crippen LogP contribution in [0.3, 0.4) is 0 Å². The molecule has 0 aliphatic heterocycles. The van der Waals surface area contributed by atoms with E-state index >= 15 is 0 Å². The summed E-state index contributed by atoms with van der Waals surface area (Å²) < 4.78 is 57.4. The molecule has 1 aliphatic rings. The molecule has 1 N–H and O–H groups in total. The number of carbonyl (C=O) groups is 1. The minimum Gasteiger partial charge on any atom is -0.449 e. The molecule has 7 heteroatoms. The summed E-state index contributed by atoms with van der Waals surface area (Å²) in [6, 6.07) is 18.1. The summed E-state index contributed by atoms with van der Waals surface area (Å²) in [6.45, 7) is 0.123. The maximum atomic E-state index is 13.7. The molecule has 4 rings (SSSR count). The van der Waals surface area contributed by atoms with Gasteiger partial charge in [0.15, 0.2) is 0 Å². The van der Waals surface area contributed by atoms with E-state index in [4.69, 9.17) is 4.74 Å². The Bertz CT molecular complexity index is 1130. The molecule has 3 aromatic carbocycles. The van der Waals surface area contributed by atoms with Crippen molar-refractivity contribution in [2.75, 3.05) is 13.2 Å². The second-order valence-electron chi connectivity index (χ2n) is 7.34. The van der Waals surface area contributed by atoms with E-state index in [1.807, 2.05) is 48.5 Å². The fraction of sp³-hybridized carbons (Fsp3) is 0.160. The predicted octanol–water partition coefficient (Wildman–Crippen LogP) is 6.40. The quantitative estimate of drug-likeness (QED) is 0.466. The monoisotopic (exact) mass is 441 g/mol. The van der Waals surface area contributed by atoms with Gasteiger partial charge in [0.1, 0.15) is 12.4 Å². The Balaban J connectivity index is 1.34. The maximum Gasteiger partial charge on any atom is 0.416 e. The molecule has 164 valence electrons. The number of amides is 1. The van der Waals surface area contributed by atoms with E-state index in [0.29, 0.717) is 6.07 Å². The van der Waals surface area contributed by atoms with Crippen molar-refractivity contribution < 1.29 is 27.1 Å². The van der Waals surface area contributed by atoms with Gasteiger partial charge in [-0.3, -0.25) is 0 Å². The van der Waals surface area contributed by atoms with Crippen molar-refractivity contribution in [3.8, 4) is 11.1 Å². The van der Waals surface area contributed by atoms with Crippen LogP contribution in [-0.4, -0.2) is 19.2 Å². The minimum absolute atomic E-state index is 0.0215. The highest BCUT2D eigenvalue weighted by molar-refractivity contribution is 5.79. The third-order valence-corrected chi connectivity index (χ3v) is 5.33. The van der Waals surface area contributed by atoms with Crippen LogP contribution in [0.15, 0.2) is 72.8 Å². The number of fused-ring (bicyclic) bond motifs is 3. The zero-order valence-electron chi connectivity index (χ0n) is 16.8. The van der Waals surface area contributed by atoms with Crippen LogP contribution in [0.1, 0.15) is 28.2 Å². The maximum absolute atomic E-state index is 13.7. The van der Waals surface area contributed by atoms with Crippen molar-refractivity contribution in [1.29, 1.82) is 0 Å². The van der Waals surface area contributed by atoms with Crippen molar-refractivity contribution in [3.05, 3.63) is 101 Å². The van der Waals surface area contributed by atoms with Crippen LogP contribution < -0.4 is 5.32 Å². The van der Waals surface area contributed by atoms with Gasteiger partial charge in [0, 0.05) is 18.0 Å². The van der Waals surface area contributed by atoms with Gasteiger partial charge in [-0.15, -0.1) is 0 Å². The topological polar surface area (TPSA) is 38.3 Å². The van der Waals surface area contributed by atoms with E-state index in [2.05, 4.69) is 5.32 Å². The van der Waals surface area contributed by atoms with Gasteiger partial charge in [0.2, 0.25) is 0 Å². The molecule has 0 fully saturated rings. The fourth-order valence-electron chi connectivity index (χ4n) is 3.83. The lowest BCUT2D eigenvalue weighted by atomic mass is 9.98. The Hall–Kier alpha value is -3.61. The van der Waals surface area contributed by atoms with Crippen molar-refractivity contribution in [2.45, 2.75) is 12.1 Å². The van der Waals surface area contributed by atoms with Gasteiger partial charge in [-0.1, -0.05) is 60.7 Å². The summed E-state index contributed by atoms with van der Waals surface area (Å²) >= 11 is 0. The first kappa shape index (κ1) is 21.6. The Morgan fingerprint density at radius 3 is 2.22 bits per heavy atom. The van der Waals surface area contributed by atoms with Crippen LogP contribution >= 0.6 is 0 Å². The molecular formula is C25H19F4NO2. The predicted molar refractivity (Wildman–Crippen MR) is 114 cm³/mol. The Morgan fingerprint density at radius 2 is 1.59 bits per heavy atom. The van der Waals surface area contributed by atoms with Gasteiger partial charge >= 0.3 is 12.3 Å². The van der Waals surface area contributed by atoms with Gasteiger partial charge in [0.05, 0.1) is 5.56 Å². The standard InChI is InChI=1S/C25H19F4NO2/c26-23-12-11-17(25(27,28)29)14-16(23)6-5-13-30-24(31)32-15-22-20-9-3-1-7-18(20)19-8-2-4-10-21(19)22/h1-12,14,22H,13,15H2,(H,30,31). The average molecular weight is 441 g/mol. The van der Waals surface area contributed by atoms with E-state index in [1.165, 1.54) is 12.2 Å². The SMILES string of the molecule is O=C(NCC=Cc1cc(C(F)(F)F)ccc1F)OCC1c2ccccc2-c2ccccc21. The number of hydrogen-bond acceptors (Lipinski definition) is 2. The molecular weight excluding hydrogens is 422 g/mol. The Morgan fingerprint density at radius 1 is 0.969 bits per heavy atom. The summed E-state index contributed by atoms with van der Waals surface area (Å²) in [7, 11) is 0. The number of alkyl halides is 3. The summed E-state index contributed by atoms with van der Waals surface area (Å²) in [4.78, 5) is 12.1. The van der Waals surface area contributed by atoms with Crippen molar-refractivity contribution in [1.82, 2.24) is 5.32 Å². The molecule has 0 unspecified atom stereocenters. The lowest BCUT2D eigenvalue weighted by Crippen LogP contribution is -2.26. The molecule has 0 saturated heterocycles. The third-order valence-electron chi connectivity index (χ3n) is 5.33. The molecule has 0 radical (unpaired) electrons. The summed E-state index contributed by atoms with van der Waals surface area (Å²) in [6.07, 6.45) is -2.68. The first-order chi connectivity index (χ1) is 15.3. The minimum atomic E-state index is -4.56. The van der Waals surface area contributed by atoms with E-state index in [0.717, 1.165) is 34.4 Å². The highest BCUT2D eigenvalue weighted by Crippen LogP contribution is 2.44. The normalized spacial score (nSPS) is 13.1. The second kappa shape index (κ2) is 8.86. The fourth-order valence-corrected chi connectivity index (χ4v) is 3.83. The lowest BCUT2D eigenvalue weighted by molar-refractivity contribution is -0.137. The molecule has 0 atom stereocenters. The third kappa shape index (κ3) is 4.51.